The number of tetrazole rings is 1. The largest absolute Gasteiger partial charge is 0.508 e. The lowest BCUT2D eigenvalue weighted by atomic mass is 9.98. The summed E-state index contributed by atoms with van der Waals surface area (Å²) in [4.78, 5) is 0. The van der Waals surface area contributed by atoms with E-state index in [0.29, 0.717) is 5.16 Å². The van der Waals surface area contributed by atoms with Crippen LogP contribution in [0.1, 0.15) is 25.7 Å². The first-order valence-electron chi connectivity index (χ1n) is 6.73. The fraction of sp³-hybridized carbons (Fsp3) is 0.385. The highest BCUT2D eigenvalue weighted by Gasteiger charge is 2.24. The van der Waals surface area contributed by atoms with Crippen LogP contribution in [0, 0.1) is 0 Å². The third-order valence-electron chi connectivity index (χ3n) is 3.43. The molecule has 1 aromatic carbocycles. The van der Waals surface area contributed by atoms with E-state index in [9.17, 15) is 5.11 Å². The minimum atomic E-state index is 0.102. The van der Waals surface area contributed by atoms with Gasteiger partial charge < -0.3 is 10.3 Å². The van der Waals surface area contributed by atoms with Crippen LogP contribution in [0.25, 0.3) is 5.69 Å². The van der Waals surface area contributed by atoms with Crippen LogP contribution in [0.5, 0.6) is 5.75 Å². The van der Waals surface area contributed by atoms with E-state index in [1.807, 2.05) is 0 Å². The van der Waals surface area contributed by atoms with Crippen LogP contribution < -0.4 is 0 Å². The number of rotatable bonds is 3. The Balaban J connectivity index is 1.84. The zero-order valence-electron chi connectivity index (χ0n) is 11.3. The molecule has 1 aromatic heterocycles. The van der Waals surface area contributed by atoms with Gasteiger partial charge in [-0.05, 0) is 54.0 Å². The van der Waals surface area contributed by atoms with Crippen LogP contribution in [0.4, 0.5) is 0 Å². The first kappa shape index (κ1) is 13.9. The summed E-state index contributed by atoms with van der Waals surface area (Å²) in [6, 6.07) is 6.68. The molecule has 1 saturated carbocycles. The molecule has 1 heterocycles. The molecule has 0 bridgehead atoms. The highest BCUT2D eigenvalue weighted by molar-refractivity contribution is 8.00. The van der Waals surface area contributed by atoms with Crippen LogP contribution in [-0.4, -0.2) is 41.5 Å². The summed E-state index contributed by atoms with van der Waals surface area (Å²) in [5, 5.41) is 34.3. The van der Waals surface area contributed by atoms with E-state index >= 15 is 0 Å². The number of phenols is 1. The van der Waals surface area contributed by atoms with Gasteiger partial charge in [-0.25, -0.2) is 0 Å². The van der Waals surface area contributed by atoms with E-state index in [-0.39, 0.29) is 11.0 Å². The molecule has 1 atom stereocenters. The van der Waals surface area contributed by atoms with Gasteiger partial charge in [0.25, 0.3) is 0 Å². The predicted octanol–water partition coefficient (Wildman–Crippen LogP) is 2.23. The van der Waals surface area contributed by atoms with Crippen molar-refractivity contribution in [1.82, 2.24) is 20.2 Å². The molecule has 7 nitrogen and oxygen atoms in total. The van der Waals surface area contributed by atoms with Gasteiger partial charge in [-0.3, -0.25) is 0 Å². The standard InChI is InChI=1S/C13H15N5O2S/c19-10-7-5-9(6-8-10)18-13(14-16-17-18)21-12-4-2-1-3-11(12)15-20/h5-8,12,19-20H,1-4H2/b15-11-. The predicted molar refractivity (Wildman–Crippen MR) is 78.2 cm³/mol. The Labute approximate surface area is 125 Å². The number of hydrogen-bond acceptors (Lipinski definition) is 7. The van der Waals surface area contributed by atoms with Gasteiger partial charge in [0, 0.05) is 0 Å². The molecular formula is C13H15N5O2S. The maximum Gasteiger partial charge on any atom is 0.214 e. The average Bonchev–Trinajstić information content (AvgIpc) is 2.97. The fourth-order valence-corrected chi connectivity index (χ4v) is 3.51. The summed E-state index contributed by atoms with van der Waals surface area (Å²) in [5.74, 6) is 0.197. The monoisotopic (exact) mass is 305 g/mol. The number of hydrogen-bond donors (Lipinski definition) is 2. The van der Waals surface area contributed by atoms with Crippen LogP contribution in [0.15, 0.2) is 34.6 Å². The molecule has 1 unspecified atom stereocenters. The minimum absolute atomic E-state index is 0.102. The molecule has 0 spiro atoms. The van der Waals surface area contributed by atoms with Gasteiger partial charge in [0.05, 0.1) is 16.6 Å². The van der Waals surface area contributed by atoms with Gasteiger partial charge >= 0.3 is 0 Å². The van der Waals surface area contributed by atoms with Crippen molar-refractivity contribution in [2.75, 3.05) is 0 Å². The molecule has 1 aliphatic carbocycles. The highest BCUT2D eigenvalue weighted by Crippen LogP contribution is 2.31. The van der Waals surface area contributed by atoms with E-state index < -0.39 is 0 Å². The van der Waals surface area contributed by atoms with Gasteiger partial charge in [-0.1, -0.05) is 23.3 Å². The van der Waals surface area contributed by atoms with Crippen molar-refractivity contribution in [2.45, 2.75) is 36.1 Å². The van der Waals surface area contributed by atoms with Crippen LogP contribution in [0.2, 0.25) is 0 Å². The molecule has 21 heavy (non-hydrogen) atoms. The van der Waals surface area contributed by atoms with Crippen molar-refractivity contribution in [1.29, 1.82) is 0 Å². The summed E-state index contributed by atoms with van der Waals surface area (Å²) in [6.07, 6.45) is 3.93. The minimum Gasteiger partial charge on any atom is -0.508 e. The lowest BCUT2D eigenvalue weighted by Gasteiger charge is -2.21. The molecule has 1 fully saturated rings. The lowest BCUT2D eigenvalue weighted by molar-refractivity contribution is 0.314. The molecule has 0 aliphatic heterocycles. The number of thioether (sulfide) groups is 1. The number of benzene rings is 1. The molecule has 2 aromatic rings. The normalized spacial score (nSPS) is 20.8. The Kier molecular flexibility index (Phi) is 4.05. The third-order valence-corrected chi connectivity index (χ3v) is 4.69. The van der Waals surface area contributed by atoms with Crippen molar-refractivity contribution < 1.29 is 10.3 Å². The molecule has 1 aliphatic rings. The SMILES string of the molecule is O/N=C1/CCCCC1Sc1nnnn1-c1ccc(O)cc1. The van der Waals surface area contributed by atoms with Crippen molar-refractivity contribution in [3.05, 3.63) is 24.3 Å². The summed E-state index contributed by atoms with van der Waals surface area (Å²) >= 11 is 1.50. The fourth-order valence-electron chi connectivity index (χ4n) is 2.34. The highest BCUT2D eigenvalue weighted by atomic mass is 32.2. The topological polar surface area (TPSA) is 96.4 Å². The second-order valence-electron chi connectivity index (χ2n) is 4.83. The zero-order valence-corrected chi connectivity index (χ0v) is 12.1. The number of nitrogens with zero attached hydrogens (tertiary/aromatic N) is 5. The Morgan fingerprint density at radius 3 is 2.81 bits per heavy atom. The maximum atomic E-state index is 9.34. The first-order chi connectivity index (χ1) is 10.3. The summed E-state index contributed by atoms with van der Waals surface area (Å²) in [7, 11) is 0. The zero-order chi connectivity index (χ0) is 14.7. The Morgan fingerprint density at radius 2 is 2.05 bits per heavy atom. The first-order valence-corrected chi connectivity index (χ1v) is 7.61. The lowest BCUT2D eigenvalue weighted by Crippen LogP contribution is -2.22. The van der Waals surface area contributed by atoms with E-state index in [1.165, 1.54) is 11.8 Å². The summed E-state index contributed by atoms with van der Waals surface area (Å²) < 4.78 is 1.62. The Morgan fingerprint density at radius 1 is 1.24 bits per heavy atom. The van der Waals surface area contributed by atoms with Gasteiger partial charge in [0.15, 0.2) is 0 Å². The Hall–Kier alpha value is -2.09. The summed E-state index contributed by atoms with van der Waals surface area (Å²) in [5.41, 5.74) is 1.57. The van der Waals surface area contributed by atoms with E-state index in [4.69, 9.17) is 5.21 Å². The van der Waals surface area contributed by atoms with Crippen molar-refractivity contribution >= 4 is 17.5 Å². The molecule has 2 N–H and O–H groups in total. The third kappa shape index (κ3) is 2.99. The van der Waals surface area contributed by atoms with Gasteiger partial charge in [0.1, 0.15) is 5.75 Å². The average molecular weight is 305 g/mol. The molecular weight excluding hydrogens is 290 g/mol. The van der Waals surface area contributed by atoms with Gasteiger partial charge in [-0.15, -0.1) is 5.10 Å². The van der Waals surface area contributed by atoms with Crippen molar-refractivity contribution in [3.8, 4) is 11.4 Å². The number of oxime groups is 1. The van der Waals surface area contributed by atoms with Crippen LogP contribution >= 0.6 is 11.8 Å². The molecule has 0 saturated heterocycles. The number of phenolic OH excluding ortho intramolecular Hbond substituents is 1. The number of aromatic nitrogens is 4. The van der Waals surface area contributed by atoms with Crippen LogP contribution in [0.3, 0.4) is 0 Å². The second-order valence-corrected chi connectivity index (χ2v) is 6.00. The molecule has 0 amide bonds. The Bertz CT molecular complexity index is 640. The van der Waals surface area contributed by atoms with Crippen LogP contribution in [-0.2, 0) is 0 Å². The molecule has 110 valence electrons. The molecule has 0 radical (unpaired) electrons. The molecule has 8 heteroatoms. The van der Waals surface area contributed by atoms with Crippen molar-refractivity contribution in [2.24, 2.45) is 5.16 Å². The van der Waals surface area contributed by atoms with E-state index in [0.717, 1.165) is 37.1 Å². The second kappa shape index (κ2) is 6.13. The van der Waals surface area contributed by atoms with E-state index in [2.05, 4.69) is 20.7 Å². The quantitative estimate of drug-likeness (QED) is 0.667. The van der Waals surface area contributed by atoms with E-state index in [1.54, 1.807) is 28.9 Å². The number of aromatic hydroxyl groups is 1. The smallest absolute Gasteiger partial charge is 0.214 e. The summed E-state index contributed by atoms with van der Waals surface area (Å²) in [6.45, 7) is 0. The van der Waals surface area contributed by atoms with Crippen molar-refractivity contribution in [3.63, 3.8) is 0 Å². The molecule has 3 rings (SSSR count). The van der Waals surface area contributed by atoms with Gasteiger partial charge in [-0.2, -0.15) is 4.68 Å². The maximum absolute atomic E-state index is 9.34. The van der Waals surface area contributed by atoms with Gasteiger partial charge in [0.2, 0.25) is 5.16 Å².